The Kier molecular flexibility index (Phi) is 7.08. The van der Waals surface area contributed by atoms with E-state index in [9.17, 15) is 18.0 Å². The zero-order valence-corrected chi connectivity index (χ0v) is 21.0. The molecular formula is C25H28ClF3N6O. The van der Waals surface area contributed by atoms with Crippen LogP contribution in [0.1, 0.15) is 64.1 Å². The van der Waals surface area contributed by atoms with Gasteiger partial charge in [-0.2, -0.15) is 23.5 Å². The summed E-state index contributed by atoms with van der Waals surface area (Å²) in [6.07, 6.45) is 0.0488. The topological polar surface area (TPSA) is 98.5 Å². The fraction of sp³-hybridized carbons (Fsp3) is 0.480. The van der Waals surface area contributed by atoms with Crippen molar-refractivity contribution in [3.8, 4) is 6.07 Å². The maximum absolute atomic E-state index is 13.8. The van der Waals surface area contributed by atoms with Crippen LogP contribution in [0.25, 0.3) is 10.9 Å². The molecule has 3 aromatic rings. The van der Waals surface area contributed by atoms with Gasteiger partial charge in [0.1, 0.15) is 11.4 Å². The van der Waals surface area contributed by atoms with Crippen LogP contribution in [0.3, 0.4) is 0 Å². The third-order valence-corrected chi connectivity index (χ3v) is 6.47. The number of halogens is 4. The monoisotopic (exact) mass is 520 g/mol. The maximum atomic E-state index is 13.8. The summed E-state index contributed by atoms with van der Waals surface area (Å²) in [5, 5.41) is 19.7. The second-order valence-corrected chi connectivity index (χ2v) is 10.6. The molecule has 11 heteroatoms. The number of fused-ring (bicyclic) bond motifs is 1. The molecule has 1 aliphatic carbocycles. The molecule has 2 aromatic heterocycles. The Morgan fingerprint density at radius 1 is 1.28 bits per heavy atom. The second kappa shape index (κ2) is 9.79. The number of pyridine rings is 1. The minimum Gasteiger partial charge on any atom is -0.338 e. The lowest BCUT2D eigenvalue weighted by Crippen LogP contribution is -2.45. The van der Waals surface area contributed by atoms with Crippen molar-refractivity contribution in [3.05, 3.63) is 51.4 Å². The minimum atomic E-state index is -4.55. The highest BCUT2D eigenvalue weighted by Gasteiger charge is 2.43. The Morgan fingerprint density at radius 2 is 2.00 bits per heavy atom. The standard InChI is InChI=1S/C25H28ClF3N6O/c1-24(2,3)33-21(25(27,28)29)16-9-8-15(13-17(16)26)32-22-20-19(10-12-31-23(20)36)35(34-22)18(5-4-11-30)14-6-7-14/h8-10,12-14,18,21,33H,4-7H2,1-3H3,(H,31,36)(H,32,34)/t18-,21?/m0/s1. The summed E-state index contributed by atoms with van der Waals surface area (Å²) in [4.78, 5) is 15.4. The molecule has 1 aromatic carbocycles. The van der Waals surface area contributed by atoms with E-state index in [-0.39, 0.29) is 28.0 Å². The van der Waals surface area contributed by atoms with Crippen molar-refractivity contribution in [2.24, 2.45) is 5.92 Å². The first-order chi connectivity index (χ1) is 16.9. The smallest absolute Gasteiger partial charge is 0.338 e. The molecule has 4 rings (SSSR count). The van der Waals surface area contributed by atoms with Crippen molar-refractivity contribution in [1.29, 1.82) is 5.26 Å². The van der Waals surface area contributed by atoms with Gasteiger partial charge in [0, 0.05) is 28.9 Å². The Bertz CT molecular complexity index is 1350. The molecule has 0 bridgehead atoms. The highest BCUT2D eigenvalue weighted by Crippen LogP contribution is 2.44. The fourth-order valence-electron chi connectivity index (χ4n) is 4.44. The van der Waals surface area contributed by atoms with E-state index in [1.807, 2.05) is 0 Å². The summed E-state index contributed by atoms with van der Waals surface area (Å²) in [6, 6.07) is 6.18. The average molecular weight is 521 g/mol. The molecule has 0 spiro atoms. The molecule has 1 saturated carbocycles. The van der Waals surface area contributed by atoms with E-state index in [4.69, 9.17) is 16.9 Å². The molecule has 2 atom stereocenters. The van der Waals surface area contributed by atoms with Crippen LogP contribution in [0.15, 0.2) is 35.3 Å². The van der Waals surface area contributed by atoms with Gasteiger partial charge in [-0.15, -0.1) is 0 Å². The van der Waals surface area contributed by atoms with Crippen LogP contribution >= 0.6 is 11.6 Å². The lowest BCUT2D eigenvalue weighted by atomic mass is 10.0. The normalized spacial score (nSPS) is 16.1. The van der Waals surface area contributed by atoms with Gasteiger partial charge in [0.05, 0.1) is 17.6 Å². The highest BCUT2D eigenvalue weighted by molar-refractivity contribution is 6.31. The third kappa shape index (κ3) is 5.68. The Morgan fingerprint density at radius 3 is 2.58 bits per heavy atom. The Hall–Kier alpha value is -3.03. The quantitative estimate of drug-likeness (QED) is 0.320. The lowest BCUT2D eigenvalue weighted by molar-refractivity contribution is -0.161. The van der Waals surface area contributed by atoms with E-state index in [0.29, 0.717) is 35.3 Å². The number of nitriles is 1. The molecule has 3 N–H and O–H groups in total. The largest absolute Gasteiger partial charge is 0.407 e. The van der Waals surface area contributed by atoms with E-state index in [1.54, 1.807) is 37.7 Å². The summed E-state index contributed by atoms with van der Waals surface area (Å²) in [5.74, 6) is 0.662. The van der Waals surface area contributed by atoms with E-state index in [1.165, 1.54) is 18.2 Å². The van der Waals surface area contributed by atoms with E-state index in [0.717, 1.165) is 12.8 Å². The third-order valence-electron chi connectivity index (χ3n) is 6.14. The number of nitrogens with one attached hydrogen (secondary N) is 3. The predicted molar refractivity (Wildman–Crippen MR) is 133 cm³/mol. The zero-order chi connectivity index (χ0) is 26.3. The number of H-pyrrole nitrogens is 1. The number of alkyl halides is 3. The summed E-state index contributed by atoms with van der Waals surface area (Å²) >= 11 is 6.33. The summed E-state index contributed by atoms with van der Waals surface area (Å²) in [6.45, 7) is 4.96. The number of rotatable bonds is 8. The van der Waals surface area contributed by atoms with Gasteiger partial charge in [-0.3, -0.25) is 14.8 Å². The van der Waals surface area contributed by atoms with E-state index >= 15 is 0 Å². The van der Waals surface area contributed by atoms with Crippen LogP contribution in [0, 0.1) is 17.2 Å². The summed E-state index contributed by atoms with van der Waals surface area (Å²) < 4.78 is 43.2. The number of aromatic nitrogens is 3. The van der Waals surface area contributed by atoms with Crippen molar-refractivity contribution in [2.45, 2.75) is 70.3 Å². The Labute approximate surface area is 211 Å². The van der Waals surface area contributed by atoms with Crippen LogP contribution in [0.5, 0.6) is 0 Å². The summed E-state index contributed by atoms with van der Waals surface area (Å²) in [7, 11) is 0. The lowest BCUT2D eigenvalue weighted by Gasteiger charge is -2.31. The average Bonchev–Trinajstić information content (AvgIpc) is 3.54. The highest BCUT2D eigenvalue weighted by atomic mass is 35.5. The van der Waals surface area contributed by atoms with Crippen molar-refractivity contribution < 1.29 is 13.2 Å². The molecule has 1 aliphatic rings. The fourth-order valence-corrected chi connectivity index (χ4v) is 4.73. The SMILES string of the molecule is CC(C)(C)NC(c1ccc(Nc2nn([C@@H](CCC#N)C3CC3)c3cc[nH]c(=O)c23)cc1Cl)C(F)(F)F. The van der Waals surface area contributed by atoms with E-state index < -0.39 is 17.8 Å². The van der Waals surface area contributed by atoms with E-state index in [2.05, 4.69) is 26.8 Å². The number of benzene rings is 1. The van der Waals surface area contributed by atoms with Gasteiger partial charge in [0.15, 0.2) is 5.82 Å². The van der Waals surface area contributed by atoms with Crippen molar-refractivity contribution in [3.63, 3.8) is 0 Å². The van der Waals surface area contributed by atoms with Crippen LogP contribution in [0.2, 0.25) is 5.02 Å². The van der Waals surface area contributed by atoms with Crippen LogP contribution in [0.4, 0.5) is 24.7 Å². The Balaban J connectivity index is 1.70. The molecular weight excluding hydrogens is 493 g/mol. The second-order valence-electron chi connectivity index (χ2n) is 10.2. The van der Waals surface area contributed by atoms with Gasteiger partial charge in [-0.05, 0) is 69.7 Å². The molecule has 192 valence electrons. The molecule has 2 heterocycles. The molecule has 0 saturated heterocycles. The number of aromatic amines is 1. The number of hydrogen-bond donors (Lipinski definition) is 3. The van der Waals surface area contributed by atoms with Gasteiger partial charge in [0.2, 0.25) is 0 Å². The van der Waals surface area contributed by atoms with Gasteiger partial charge in [-0.25, -0.2) is 0 Å². The molecule has 1 fully saturated rings. The number of anilines is 2. The molecule has 1 unspecified atom stereocenters. The molecule has 0 aliphatic heterocycles. The molecule has 0 amide bonds. The van der Waals surface area contributed by atoms with Crippen LogP contribution in [-0.2, 0) is 0 Å². The first kappa shape index (κ1) is 26.0. The first-order valence-corrected chi connectivity index (χ1v) is 12.1. The first-order valence-electron chi connectivity index (χ1n) is 11.8. The van der Waals surface area contributed by atoms with Gasteiger partial charge in [-0.1, -0.05) is 17.7 Å². The number of nitrogens with zero attached hydrogens (tertiary/aromatic N) is 3. The molecule has 0 radical (unpaired) electrons. The van der Waals surface area contributed by atoms with Crippen molar-refractivity contribution in [2.75, 3.05) is 5.32 Å². The van der Waals surface area contributed by atoms with Gasteiger partial charge >= 0.3 is 6.18 Å². The maximum Gasteiger partial charge on any atom is 0.407 e. The zero-order valence-electron chi connectivity index (χ0n) is 20.2. The minimum absolute atomic E-state index is 0.0218. The number of hydrogen-bond acceptors (Lipinski definition) is 5. The predicted octanol–water partition coefficient (Wildman–Crippen LogP) is 6.37. The van der Waals surface area contributed by atoms with Crippen LogP contribution in [-0.4, -0.2) is 26.5 Å². The van der Waals surface area contributed by atoms with Crippen molar-refractivity contribution in [1.82, 2.24) is 20.1 Å². The molecule has 7 nitrogen and oxygen atoms in total. The molecule has 36 heavy (non-hydrogen) atoms. The van der Waals surface area contributed by atoms with Crippen molar-refractivity contribution >= 4 is 34.0 Å². The van der Waals surface area contributed by atoms with Gasteiger partial charge < -0.3 is 10.3 Å². The summed E-state index contributed by atoms with van der Waals surface area (Å²) in [5.41, 5.74) is -0.203. The van der Waals surface area contributed by atoms with Crippen LogP contribution < -0.4 is 16.2 Å². The van der Waals surface area contributed by atoms with Gasteiger partial charge in [0.25, 0.3) is 5.56 Å².